The van der Waals surface area contributed by atoms with E-state index in [0.717, 1.165) is 43.6 Å². The maximum Gasteiger partial charge on any atom is 0.344 e. The number of nitrogens with two attached hydrogens (primary N) is 2. The molecule has 0 bridgehead atoms. The Hall–Kier alpha value is -3.19. The summed E-state index contributed by atoms with van der Waals surface area (Å²) < 4.78 is 11.2. The van der Waals surface area contributed by atoms with E-state index in [1.54, 1.807) is 19.2 Å². The summed E-state index contributed by atoms with van der Waals surface area (Å²) in [5.74, 6) is 1.49. The average molecular weight is 495 g/mol. The Kier molecular flexibility index (Phi) is 9.43. The van der Waals surface area contributed by atoms with Crippen LogP contribution in [0.25, 0.3) is 22.1 Å². The number of aromatic nitrogens is 1. The maximum atomic E-state index is 12.5. The second-order valence-electron chi connectivity index (χ2n) is 8.56. The number of fused-ring (bicyclic) bond motifs is 1. The van der Waals surface area contributed by atoms with Crippen molar-refractivity contribution in [1.82, 2.24) is 4.98 Å². The maximum absolute atomic E-state index is 12.5. The van der Waals surface area contributed by atoms with Crippen LogP contribution in [0, 0.1) is 11.3 Å². The molecular formula is C26H30N4O4S. The number of ether oxygens (including phenoxy) is 1. The highest BCUT2D eigenvalue weighted by Crippen LogP contribution is 2.24. The van der Waals surface area contributed by atoms with Crippen molar-refractivity contribution in [2.75, 3.05) is 18.9 Å². The van der Waals surface area contributed by atoms with Gasteiger partial charge >= 0.3 is 5.63 Å². The number of carbonyl (C=O) groups is 1. The molecule has 9 heteroatoms. The molecule has 2 heterocycles. The third-order valence-corrected chi connectivity index (χ3v) is 6.83. The molecule has 1 aromatic carbocycles. The van der Waals surface area contributed by atoms with Gasteiger partial charge in [-0.3, -0.25) is 9.78 Å². The quantitative estimate of drug-likeness (QED) is 0.357. The minimum Gasteiger partial charge on any atom is -0.494 e. The largest absolute Gasteiger partial charge is 0.494 e. The number of pyridine rings is 1. The van der Waals surface area contributed by atoms with Gasteiger partial charge in [0, 0.05) is 30.1 Å². The van der Waals surface area contributed by atoms with E-state index in [4.69, 9.17) is 25.9 Å². The van der Waals surface area contributed by atoms with Gasteiger partial charge in [0.05, 0.1) is 17.7 Å². The van der Waals surface area contributed by atoms with E-state index in [1.807, 2.05) is 30.3 Å². The lowest BCUT2D eigenvalue weighted by molar-refractivity contribution is -0.114. The topological polar surface area (TPSA) is 145 Å². The molecule has 0 spiro atoms. The Morgan fingerprint density at radius 3 is 2.60 bits per heavy atom. The van der Waals surface area contributed by atoms with E-state index < -0.39 is 11.2 Å². The third kappa shape index (κ3) is 7.15. The fourth-order valence-electron chi connectivity index (χ4n) is 3.39. The van der Waals surface area contributed by atoms with Crippen molar-refractivity contribution in [1.29, 1.82) is 5.26 Å². The first-order valence-electron chi connectivity index (χ1n) is 11.6. The normalized spacial score (nSPS) is 12.7. The predicted octanol–water partition coefficient (Wildman–Crippen LogP) is 3.99. The SMILES string of the molecule is CC(N)(CN)C(=O)SCCCCCCCOc1ccc(-c2cc3cncc(C#N)c3oc2=O)cc1. The lowest BCUT2D eigenvalue weighted by Crippen LogP contribution is -2.50. The Morgan fingerprint density at radius 1 is 1.17 bits per heavy atom. The predicted molar refractivity (Wildman–Crippen MR) is 138 cm³/mol. The van der Waals surface area contributed by atoms with E-state index >= 15 is 0 Å². The summed E-state index contributed by atoms with van der Waals surface area (Å²) in [5.41, 5.74) is 11.5. The Bertz CT molecular complexity index is 1250. The molecule has 2 aromatic heterocycles. The number of thioether (sulfide) groups is 1. The first-order valence-corrected chi connectivity index (χ1v) is 12.6. The zero-order chi connectivity index (χ0) is 25.3. The van der Waals surface area contributed by atoms with Crippen molar-refractivity contribution in [2.45, 2.75) is 44.6 Å². The van der Waals surface area contributed by atoms with Gasteiger partial charge < -0.3 is 20.6 Å². The molecule has 3 aromatic rings. The van der Waals surface area contributed by atoms with Crippen LogP contribution < -0.4 is 21.8 Å². The Labute approximate surface area is 208 Å². The molecule has 8 nitrogen and oxygen atoms in total. The summed E-state index contributed by atoms with van der Waals surface area (Å²) in [6.07, 6.45) is 8.02. The number of unbranched alkanes of at least 4 members (excludes halogenated alkanes) is 4. The first kappa shape index (κ1) is 26.4. The lowest BCUT2D eigenvalue weighted by Gasteiger charge is -2.19. The Morgan fingerprint density at radius 2 is 1.89 bits per heavy atom. The lowest BCUT2D eigenvalue weighted by atomic mass is 10.1. The Balaban J connectivity index is 1.40. The van der Waals surface area contributed by atoms with Gasteiger partial charge in [0.25, 0.3) is 0 Å². The van der Waals surface area contributed by atoms with Crippen LogP contribution in [0.4, 0.5) is 0 Å². The minimum absolute atomic E-state index is 0.0500. The highest BCUT2D eigenvalue weighted by atomic mass is 32.2. The van der Waals surface area contributed by atoms with Gasteiger partial charge in [-0.05, 0) is 43.5 Å². The smallest absolute Gasteiger partial charge is 0.344 e. The number of rotatable bonds is 12. The average Bonchev–Trinajstić information content (AvgIpc) is 2.87. The van der Waals surface area contributed by atoms with Gasteiger partial charge in [-0.1, -0.05) is 43.2 Å². The number of hydrogen-bond acceptors (Lipinski definition) is 9. The van der Waals surface area contributed by atoms with Crippen molar-refractivity contribution in [3.05, 3.63) is 58.7 Å². The molecule has 184 valence electrons. The number of nitriles is 1. The molecule has 0 aliphatic carbocycles. The monoisotopic (exact) mass is 494 g/mol. The summed E-state index contributed by atoms with van der Waals surface area (Å²) in [7, 11) is 0. The van der Waals surface area contributed by atoms with E-state index in [1.165, 1.54) is 18.0 Å². The van der Waals surface area contributed by atoms with Gasteiger partial charge in [0.15, 0.2) is 5.58 Å². The van der Waals surface area contributed by atoms with Crippen LogP contribution in [0.1, 0.15) is 44.6 Å². The second kappa shape index (κ2) is 12.5. The number of carbonyl (C=O) groups excluding carboxylic acids is 1. The molecule has 1 atom stereocenters. The van der Waals surface area contributed by atoms with Crippen LogP contribution in [-0.2, 0) is 4.79 Å². The fraction of sp³-hybridized carbons (Fsp3) is 0.385. The molecule has 1 unspecified atom stereocenters. The summed E-state index contributed by atoms with van der Waals surface area (Å²) in [5, 5.41) is 9.71. The summed E-state index contributed by atoms with van der Waals surface area (Å²) in [4.78, 5) is 28.4. The second-order valence-corrected chi connectivity index (χ2v) is 9.63. The molecule has 0 saturated heterocycles. The summed E-state index contributed by atoms with van der Waals surface area (Å²) in [6.45, 7) is 2.43. The zero-order valence-corrected chi connectivity index (χ0v) is 20.6. The zero-order valence-electron chi connectivity index (χ0n) is 19.8. The molecule has 0 saturated carbocycles. The van der Waals surface area contributed by atoms with Crippen LogP contribution >= 0.6 is 11.8 Å². The number of hydrogen-bond donors (Lipinski definition) is 2. The van der Waals surface area contributed by atoms with E-state index in [-0.39, 0.29) is 22.8 Å². The van der Waals surface area contributed by atoms with E-state index in [2.05, 4.69) is 4.98 Å². The molecule has 0 fully saturated rings. The van der Waals surface area contributed by atoms with Crippen molar-refractivity contribution < 1.29 is 13.9 Å². The molecule has 35 heavy (non-hydrogen) atoms. The van der Waals surface area contributed by atoms with Gasteiger partial charge in [0.1, 0.15) is 17.4 Å². The summed E-state index contributed by atoms with van der Waals surface area (Å²) in [6, 6.07) is 10.9. The molecule has 0 radical (unpaired) electrons. The molecular weight excluding hydrogens is 464 g/mol. The van der Waals surface area contributed by atoms with Gasteiger partial charge in [-0.15, -0.1) is 0 Å². The van der Waals surface area contributed by atoms with Crippen LogP contribution in [-0.4, -0.2) is 34.5 Å². The molecule has 0 amide bonds. The van der Waals surface area contributed by atoms with Crippen LogP contribution in [0.15, 0.2) is 51.9 Å². The molecule has 4 N–H and O–H groups in total. The van der Waals surface area contributed by atoms with Crippen LogP contribution in [0.5, 0.6) is 5.75 Å². The van der Waals surface area contributed by atoms with E-state index in [0.29, 0.717) is 23.1 Å². The van der Waals surface area contributed by atoms with Crippen molar-refractivity contribution in [2.24, 2.45) is 11.5 Å². The van der Waals surface area contributed by atoms with Crippen LogP contribution in [0.2, 0.25) is 0 Å². The number of benzene rings is 1. The highest BCUT2D eigenvalue weighted by molar-refractivity contribution is 8.13. The molecule has 3 rings (SSSR count). The van der Waals surface area contributed by atoms with E-state index in [9.17, 15) is 9.59 Å². The third-order valence-electron chi connectivity index (χ3n) is 5.61. The molecule has 0 aliphatic rings. The highest BCUT2D eigenvalue weighted by Gasteiger charge is 2.26. The van der Waals surface area contributed by atoms with Gasteiger partial charge in [0.2, 0.25) is 5.12 Å². The van der Waals surface area contributed by atoms with Gasteiger partial charge in [-0.2, -0.15) is 5.26 Å². The fourth-order valence-corrected chi connectivity index (χ4v) is 4.34. The molecule has 0 aliphatic heterocycles. The van der Waals surface area contributed by atoms with Crippen molar-refractivity contribution >= 4 is 27.8 Å². The minimum atomic E-state index is -0.943. The van der Waals surface area contributed by atoms with Crippen molar-refractivity contribution in [3.8, 4) is 22.9 Å². The summed E-state index contributed by atoms with van der Waals surface area (Å²) >= 11 is 1.27. The van der Waals surface area contributed by atoms with Crippen LogP contribution in [0.3, 0.4) is 0 Å². The number of nitrogens with zero attached hydrogens (tertiary/aromatic N) is 2. The standard InChI is InChI=1S/C26H30N4O4S/c1-26(29,17-28)25(32)35-12-6-4-2-3-5-11-33-21-9-7-18(8-10-21)22-13-19-15-30-16-20(14-27)23(19)34-24(22)31/h7-10,13,15-16H,2-6,11-12,17,28-29H2,1H3. The first-order chi connectivity index (χ1) is 16.9. The van der Waals surface area contributed by atoms with Crippen molar-refractivity contribution in [3.63, 3.8) is 0 Å². The van der Waals surface area contributed by atoms with Gasteiger partial charge in [-0.25, -0.2) is 4.79 Å².